The largest absolute Gasteiger partial charge is 0.482 e. The fourth-order valence-electron chi connectivity index (χ4n) is 2.96. The minimum Gasteiger partial charge on any atom is -0.482 e. The van der Waals surface area contributed by atoms with Gasteiger partial charge in [-0.3, -0.25) is 4.79 Å². The number of ether oxygens (including phenoxy) is 1. The van der Waals surface area contributed by atoms with Crippen LogP contribution in [0.5, 0.6) is 5.75 Å². The van der Waals surface area contributed by atoms with Crippen LogP contribution in [0.3, 0.4) is 0 Å². The first kappa shape index (κ1) is 20.9. The van der Waals surface area contributed by atoms with E-state index >= 15 is 0 Å². The Balaban J connectivity index is 1.55. The summed E-state index contributed by atoms with van der Waals surface area (Å²) in [6.07, 6.45) is -0.254. The standard InChI is InChI=1S/C22H26N4O2S/c1-15-10-11-19(16(2)12-15)28-17(3)21-24-25-22(26(21)4)29-14-20(27)23-13-18-8-6-5-7-9-18/h5-12,17H,13-14H2,1-4H3,(H,23,27). The molecule has 0 aliphatic heterocycles. The molecule has 0 saturated heterocycles. The summed E-state index contributed by atoms with van der Waals surface area (Å²) in [5, 5.41) is 12.1. The van der Waals surface area contributed by atoms with Gasteiger partial charge in [0, 0.05) is 13.6 Å². The van der Waals surface area contributed by atoms with Gasteiger partial charge in [-0.1, -0.05) is 59.8 Å². The molecule has 1 amide bonds. The summed E-state index contributed by atoms with van der Waals surface area (Å²) in [6.45, 7) is 6.55. The highest BCUT2D eigenvalue weighted by atomic mass is 32.2. The van der Waals surface area contributed by atoms with E-state index in [1.165, 1.54) is 17.3 Å². The second-order valence-electron chi connectivity index (χ2n) is 6.98. The lowest BCUT2D eigenvalue weighted by atomic mass is 10.1. The lowest BCUT2D eigenvalue weighted by Gasteiger charge is -2.16. The van der Waals surface area contributed by atoms with Gasteiger partial charge in [-0.15, -0.1) is 10.2 Å². The molecule has 6 nitrogen and oxygen atoms in total. The number of amides is 1. The Morgan fingerprint density at radius 2 is 1.93 bits per heavy atom. The van der Waals surface area contributed by atoms with Gasteiger partial charge in [0.15, 0.2) is 17.1 Å². The third-order valence-electron chi connectivity index (χ3n) is 4.53. The maximum atomic E-state index is 12.1. The molecule has 0 spiro atoms. The van der Waals surface area contributed by atoms with E-state index in [1.54, 1.807) is 0 Å². The molecule has 0 aliphatic rings. The smallest absolute Gasteiger partial charge is 0.230 e. The number of aryl methyl sites for hydroxylation is 2. The van der Waals surface area contributed by atoms with Crippen molar-refractivity contribution in [2.75, 3.05) is 5.75 Å². The van der Waals surface area contributed by atoms with Crippen molar-refractivity contribution in [1.82, 2.24) is 20.1 Å². The second kappa shape index (κ2) is 9.60. The number of hydrogen-bond acceptors (Lipinski definition) is 5. The zero-order valence-corrected chi connectivity index (χ0v) is 18.0. The molecule has 2 aromatic carbocycles. The van der Waals surface area contributed by atoms with Gasteiger partial charge in [0.25, 0.3) is 0 Å². The van der Waals surface area contributed by atoms with Gasteiger partial charge in [0.1, 0.15) is 5.75 Å². The van der Waals surface area contributed by atoms with Gasteiger partial charge in [0.05, 0.1) is 5.75 Å². The SMILES string of the molecule is Cc1ccc(OC(C)c2nnc(SCC(=O)NCc3ccccc3)n2C)c(C)c1. The molecule has 7 heteroatoms. The number of nitrogens with one attached hydrogen (secondary N) is 1. The van der Waals surface area contributed by atoms with Crippen molar-refractivity contribution in [3.63, 3.8) is 0 Å². The fourth-order valence-corrected chi connectivity index (χ4v) is 3.71. The summed E-state index contributed by atoms with van der Waals surface area (Å²) < 4.78 is 7.96. The van der Waals surface area contributed by atoms with Crippen molar-refractivity contribution in [3.8, 4) is 5.75 Å². The minimum absolute atomic E-state index is 0.0389. The molecule has 3 rings (SSSR count). The maximum Gasteiger partial charge on any atom is 0.230 e. The van der Waals surface area contributed by atoms with E-state index in [0.717, 1.165) is 22.7 Å². The topological polar surface area (TPSA) is 69.0 Å². The normalized spacial score (nSPS) is 11.9. The number of rotatable bonds is 8. The Morgan fingerprint density at radius 3 is 2.66 bits per heavy atom. The molecular formula is C22H26N4O2S. The van der Waals surface area contributed by atoms with Crippen LogP contribution >= 0.6 is 11.8 Å². The fraction of sp³-hybridized carbons (Fsp3) is 0.318. The van der Waals surface area contributed by atoms with Crippen molar-refractivity contribution >= 4 is 17.7 Å². The summed E-state index contributed by atoms with van der Waals surface area (Å²) in [6, 6.07) is 15.9. The van der Waals surface area contributed by atoms with E-state index in [-0.39, 0.29) is 17.8 Å². The Kier molecular flexibility index (Phi) is 6.93. The Morgan fingerprint density at radius 1 is 1.17 bits per heavy atom. The summed E-state index contributed by atoms with van der Waals surface area (Å²) in [5.41, 5.74) is 3.36. The van der Waals surface area contributed by atoms with Crippen molar-refractivity contribution in [3.05, 3.63) is 71.0 Å². The summed E-state index contributed by atoms with van der Waals surface area (Å²) in [5.74, 6) is 1.80. The Bertz CT molecular complexity index is 972. The van der Waals surface area contributed by atoms with Crippen molar-refractivity contribution in [1.29, 1.82) is 0 Å². The quantitative estimate of drug-likeness (QED) is 0.569. The van der Waals surface area contributed by atoms with E-state index in [4.69, 9.17) is 4.74 Å². The van der Waals surface area contributed by atoms with Crippen LogP contribution in [-0.4, -0.2) is 26.4 Å². The van der Waals surface area contributed by atoms with Crippen LogP contribution in [0, 0.1) is 13.8 Å². The van der Waals surface area contributed by atoms with Crippen LogP contribution in [0.2, 0.25) is 0 Å². The van der Waals surface area contributed by atoms with Crippen LogP contribution in [-0.2, 0) is 18.4 Å². The molecular weight excluding hydrogens is 384 g/mol. The summed E-state index contributed by atoms with van der Waals surface area (Å²) in [7, 11) is 1.89. The number of carbonyl (C=O) groups is 1. The van der Waals surface area contributed by atoms with Gasteiger partial charge < -0.3 is 14.6 Å². The molecule has 1 unspecified atom stereocenters. The predicted octanol–water partition coefficient (Wildman–Crippen LogP) is 3.98. The number of benzene rings is 2. The first-order valence-electron chi connectivity index (χ1n) is 9.50. The molecule has 152 valence electrons. The average Bonchev–Trinajstić information content (AvgIpc) is 3.08. The molecule has 0 aliphatic carbocycles. The highest BCUT2D eigenvalue weighted by molar-refractivity contribution is 7.99. The molecule has 1 heterocycles. The van der Waals surface area contributed by atoms with Crippen LogP contribution in [0.4, 0.5) is 0 Å². The number of hydrogen-bond donors (Lipinski definition) is 1. The third kappa shape index (κ3) is 5.60. The zero-order chi connectivity index (χ0) is 20.8. The van der Waals surface area contributed by atoms with Crippen LogP contribution in [0.25, 0.3) is 0 Å². The molecule has 0 radical (unpaired) electrons. The molecule has 0 bridgehead atoms. The summed E-state index contributed by atoms with van der Waals surface area (Å²) in [4.78, 5) is 12.1. The maximum absolute atomic E-state index is 12.1. The highest BCUT2D eigenvalue weighted by Crippen LogP contribution is 2.26. The average molecular weight is 411 g/mol. The van der Waals surface area contributed by atoms with Gasteiger partial charge in [-0.2, -0.15) is 0 Å². The second-order valence-corrected chi connectivity index (χ2v) is 7.92. The van der Waals surface area contributed by atoms with Crippen LogP contribution < -0.4 is 10.1 Å². The number of thioether (sulfide) groups is 1. The molecule has 1 N–H and O–H groups in total. The number of carbonyl (C=O) groups excluding carboxylic acids is 1. The van der Waals surface area contributed by atoms with Crippen molar-refractivity contribution in [2.45, 2.75) is 38.6 Å². The van der Waals surface area contributed by atoms with Crippen LogP contribution in [0.1, 0.15) is 35.5 Å². The molecule has 3 aromatic rings. The monoisotopic (exact) mass is 410 g/mol. The zero-order valence-electron chi connectivity index (χ0n) is 17.2. The van der Waals surface area contributed by atoms with Gasteiger partial charge in [-0.25, -0.2) is 0 Å². The Labute approximate surface area is 175 Å². The molecule has 0 saturated carbocycles. The van der Waals surface area contributed by atoms with E-state index in [9.17, 15) is 4.79 Å². The Hall–Kier alpha value is -2.80. The van der Waals surface area contributed by atoms with Crippen molar-refractivity contribution < 1.29 is 9.53 Å². The van der Waals surface area contributed by atoms with E-state index in [0.29, 0.717) is 11.7 Å². The molecule has 1 atom stereocenters. The molecule has 1 aromatic heterocycles. The van der Waals surface area contributed by atoms with E-state index in [1.807, 2.05) is 67.9 Å². The van der Waals surface area contributed by atoms with Gasteiger partial charge in [0.2, 0.25) is 5.91 Å². The van der Waals surface area contributed by atoms with Gasteiger partial charge >= 0.3 is 0 Å². The predicted molar refractivity (Wildman–Crippen MR) is 115 cm³/mol. The first-order valence-corrected chi connectivity index (χ1v) is 10.5. The lowest BCUT2D eigenvalue weighted by Crippen LogP contribution is -2.24. The number of aromatic nitrogens is 3. The molecule has 29 heavy (non-hydrogen) atoms. The summed E-state index contributed by atoms with van der Waals surface area (Å²) >= 11 is 1.36. The highest BCUT2D eigenvalue weighted by Gasteiger charge is 2.18. The first-order chi connectivity index (χ1) is 13.9. The van der Waals surface area contributed by atoms with E-state index in [2.05, 4.69) is 28.5 Å². The lowest BCUT2D eigenvalue weighted by molar-refractivity contribution is -0.118. The number of nitrogens with zero attached hydrogens (tertiary/aromatic N) is 3. The minimum atomic E-state index is -0.254. The van der Waals surface area contributed by atoms with Gasteiger partial charge in [-0.05, 0) is 38.0 Å². The molecule has 0 fully saturated rings. The third-order valence-corrected chi connectivity index (χ3v) is 5.55. The van der Waals surface area contributed by atoms with Crippen LogP contribution in [0.15, 0.2) is 53.7 Å². The van der Waals surface area contributed by atoms with Crippen molar-refractivity contribution in [2.24, 2.45) is 7.05 Å². The van der Waals surface area contributed by atoms with E-state index < -0.39 is 0 Å².